The van der Waals surface area contributed by atoms with E-state index in [4.69, 9.17) is 5.73 Å². The first-order chi connectivity index (χ1) is 8.06. The lowest BCUT2D eigenvalue weighted by Gasteiger charge is -2.02. The molecule has 0 aliphatic rings. The Morgan fingerprint density at radius 1 is 1.53 bits per heavy atom. The average molecular weight is 235 g/mol. The molecule has 0 aliphatic heterocycles. The second-order valence-corrected chi connectivity index (χ2v) is 3.53. The first-order valence-corrected chi connectivity index (χ1v) is 4.87. The molecule has 0 bridgehead atoms. The van der Waals surface area contributed by atoms with Gasteiger partial charge in [0.25, 0.3) is 0 Å². The number of aryl methyl sites for hydroxylation is 1. The Labute approximate surface area is 96.2 Å². The number of aromatic nitrogens is 4. The highest BCUT2D eigenvalue weighted by molar-refractivity contribution is 6.01. The lowest BCUT2D eigenvalue weighted by atomic mass is 10.1. The normalized spacial score (nSPS) is 10.5. The molecular weight excluding hydrogens is 225 g/mol. The molecule has 2 aromatic rings. The number of halogens is 1. The summed E-state index contributed by atoms with van der Waals surface area (Å²) >= 11 is 0. The molecule has 0 atom stereocenters. The molecule has 0 radical (unpaired) electrons. The number of Topliss-reactive ketones (excluding diaryl/α,β-unsaturated/α-hetero) is 1. The molecule has 2 rings (SSSR count). The quantitative estimate of drug-likeness (QED) is 0.613. The van der Waals surface area contributed by atoms with Crippen molar-refractivity contribution in [3.8, 4) is 0 Å². The second-order valence-electron chi connectivity index (χ2n) is 3.53. The lowest BCUT2D eigenvalue weighted by molar-refractivity contribution is 0.0991. The van der Waals surface area contributed by atoms with Gasteiger partial charge < -0.3 is 5.73 Å². The fraction of sp³-hybridized carbons (Fsp3) is 0.200. The van der Waals surface area contributed by atoms with Gasteiger partial charge in [0.2, 0.25) is 0 Å². The molecule has 2 N–H and O–H groups in total. The molecule has 1 heterocycles. The van der Waals surface area contributed by atoms with Gasteiger partial charge in [0.05, 0.1) is 13.5 Å². The van der Waals surface area contributed by atoms with Crippen LogP contribution in [0.1, 0.15) is 16.2 Å². The monoisotopic (exact) mass is 235 g/mol. The van der Waals surface area contributed by atoms with E-state index < -0.39 is 5.82 Å². The number of tetrazole rings is 1. The van der Waals surface area contributed by atoms with E-state index in [0.29, 0.717) is 0 Å². The van der Waals surface area contributed by atoms with E-state index in [0.717, 1.165) is 6.07 Å². The van der Waals surface area contributed by atoms with Gasteiger partial charge >= 0.3 is 0 Å². The van der Waals surface area contributed by atoms with E-state index in [9.17, 15) is 9.18 Å². The molecule has 0 fully saturated rings. The molecule has 1 aromatic heterocycles. The van der Waals surface area contributed by atoms with E-state index >= 15 is 0 Å². The number of nitrogen functional groups attached to an aromatic ring is 1. The molecule has 0 saturated carbocycles. The third kappa shape index (κ3) is 2.44. The summed E-state index contributed by atoms with van der Waals surface area (Å²) in [5.74, 6) is -0.564. The number of nitrogens with two attached hydrogens (primary N) is 1. The molecule has 0 aliphatic carbocycles. The fourth-order valence-corrected chi connectivity index (χ4v) is 1.40. The molecule has 17 heavy (non-hydrogen) atoms. The number of ketones is 1. The van der Waals surface area contributed by atoms with E-state index in [1.807, 2.05) is 0 Å². The Morgan fingerprint density at radius 3 is 2.94 bits per heavy atom. The van der Waals surface area contributed by atoms with Gasteiger partial charge in [-0.1, -0.05) is 0 Å². The molecule has 6 nitrogen and oxygen atoms in total. The lowest BCUT2D eigenvalue weighted by Crippen LogP contribution is -2.09. The van der Waals surface area contributed by atoms with Crippen molar-refractivity contribution in [2.24, 2.45) is 7.05 Å². The summed E-state index contributed by atoms with van der Waals surface area (Å²) in [5, 5.41) is 11.1. The summed E-state index contributed by atoms with van der Waals surface area (Å²) in [6.07, 6.45) is -0.0541. The van der Waals surface area contributed by atoms with Crippen LogP contribution in [0.15, 0.2) is 18.2 Å². The van der Waals surface area contributed by atoms with Crippen molar-refractivity contribution >= 4 is 11.5 Å². The topological polar surface area (TPSA) is 86.7 Å². The number of hydrogen-bond donors (Lipinski definition) is 1. The molecular formula is C10H10FN5O. The van der Waals surface area contributed by atoms with Crippen molar-refractivity contribution in [1.82, 2.24) is 20.2 Å². The van der Waals surface area contributed by atoms with E-state index in [-0.39, 0.29) is 29.3 Å². The number of carbonyl (C=O) groups is 1. The van der Waals surface area contributed by atoms with Gasteiger partial charge in [-0.2, -0.15) is 4.80 Å². The SMILES string of the molecule is Cn1nnc(CC(=O)c2cc(F)ccc2N)n1. The summed E-state index contributed by atoms with van der Waals surface area (Å²) in [4.78, 5) is 13.1. The van der Waals surface area contributed by atoms with E-state index in [2.05, 4.69) is 15.4 Å². The highest BCUT2D eigenvalue weighted by Crippen LogP contribution is 2.15. The Balaban J connectivity index is 2.22. The fourth-order valence-electron chi connectivity index (χ4n) is 1.40. The maximum Gasteiger partial charge on any atom is 0.182 e. The summed E-state index contributed by atoms with van der Waals surface area (Å²) in [5.41, 5.74) is 5.97. The van der Waals surface area contributed by atoms with Crippen molar-refractivity contribution < 1.29 is 9.18 Å². The van der Waals surface area contributed by atoms with Crippen LogP contribution in [-0.4, -0.2) is 26.0 Å². The summed E-state index contributed by atoms with van der Waals surface area (Å²) in [7, 11) is 1.59. The van der Waals surface area contributed by atoms with Crippen molar-refractivity contribution in [2.75, 3.05) is 5.73 Å². The van der Waals surface area contributed by atoms with Gasteiger partial charge in [0.1, 0.15) is 5.82 Å². The van der Waals surface area contributed by atoms with Gasteiger partial charge in [0, 0.05) is 11.3 Å². The first-order valence-electron chi connectivity index (χ1n) is 4.87. The minimum Gasteiger partial charge on any atom is -0.398 e. The second kappa shape index (κ2) is 4.28. The van der Waals surface area contributed by atoms with Crippen LogP contribution < -0.4 is 5.73 Å². The zero-order chi connectivity index (χ0) is 12.4. The van der Waals surface area contributed by atoms with Crippen LogP contribution in [0.2, 0.25) is 0 Å². The molecule has 1 aromatic carbocycles. The highest BCUT2D eigenvalue weighted by Gasteiger charge is 2.14. The van der Waals surface area contributed by atoms with Crippen LogP contribution in [0.25, 0.3) is 0 Å². The summed E-state index contributed by atoms with van der Waals surface area (Å²) in [6, 6.07) is 3.66. The van der Waals surface area contributed by atoms with Gasteiger partial charge in [-0.15, -0.1) is 10.2 Å². The summed E-state index contributed by atoms with van der Waals surface area (Å²) < 4.78 is 13.0. The molecule has 0 spiro atoms. The van der Waals surface area contributed by atoms with E-state index in [1.54, 1.807) is 7.05 Å². The molecule has 0 unspecified atom stereocenters. The highest BCUT2D eigenvalue weighted by atomic mass is 19.1. The van der Waals surface area contributed by atoms with Crippen LogP contribution in [0, 0.1) is 5.82 Å². The maximum absolute atomic E-state index is 13.0. The Kier molecular flexibility index (Phi) is 2.82. The largest absolute Gasteiger partial charge is 0.398 e. The molecule has 0 saturated heterocycles. The number of carbonyl (C=O) groups excluding carboxylic acids is 1. The Hall–Kier alpha value is -2.31. The van der Waals surface area contributed by atoms with Crippen molar-refractivity contribution in [1.29, 1.82) is 0 Å². The van der Waals surface area contributed by atoms with Gasteiger partial charge in [-0.05, 0) is 23.4 Å². The molecule has 88 valence electrons. The zero-order valence-corrected chi connectivity index (χ0v) is 9.09. The van der Waals surface area contributed by atoms with Crippen LogP contribution in [-0.2, 0) is 13.5 Å². The third-order valence-electron chi connectivity index (χ3n) is 2.18. The standard InChI is InChI=1S/C10H10FN5O/c1-16-14-10(13-15-16)5-9(17)7-4-6(11)2-3-8(7)12/h2-4H,5,12H2,1H3. The van der Waals surface area contributed by atoms with Gasteiger partial charge in [-0.3, -0.25) is 4.79 Å². The number of anilines is 1. The van der Waals surface area contributed by atoms with Crippen molar-refractivity contribution in [2.45, 2.75) is 6.42 Å². The Morgan fingerprint density at radius 2 is 2.29 bits per heavy atom. The zero-order valence-electron chi connectivity index (χ0n) is 9.09. The van der Waals surface area contributed by atoms with Gasteiger partial charge in [-0.25, -0.2) is 4.39 Å². The number of rotatable bonds is 3. The Bertz CT molecular complexity index is 566. The average Bonchev–Trinajstić information content (AvgIpc) is 2.67. The molecule has 0 amide bonds. The summed E-state index contributed by atoms with van der Waals surface area (Å²) in [6.45, 7) is 0. The van der Waals surface area contributed by atoms with Crippen LogP contribution >= 0.6 is 0 Å². The predicted octanol–water partition coefficient (Wildman–Crippen LogP) is 0.357. The number of hydrogen-bond acceptors (Lipinski definition) is 5. The first kappa shape index (κ1) is 11.2. The number of nitrogens with zero attached hydrogens (tertiary/aromatic N) is 4. The molecule has 7 heteroatoms. The van der Waals surface area contributed by atoms with Crippen LogP contribution in [0.4, 0.5) is 10.1 Å². The third-order valence-corrected chi connectivity index (χ3v) is 2.18. The predicted molar refractivity (Wildman–Crippen MR) is 57.6 cm³/mol. The smallest absolute Gasteiger partial charge is 0.182 e. The van der Waals surface area contributed by atoms with Crippen LogP contribution in [0.3, 0.4) is 0 Å². The van der Waals surface area contributed by atoms with Crippen molar-refractivity contribution in [3.05, 3.63) is 35.4 Å². The van der Waals surface area contributed by atoms with Crippen LogP contribution in [0.5, 0.6) is 0 Å². The number of benzene rings is 1. The minimum absolute atomic E-state index is 0.0541. The van der Waals surface area contributed by atoms with Crippen molar-refractivity contribution in [3.63, 3.8) is 0 Å². The van der Waals surface area contributed by atoms with Gasteiger partial charge in [0.15, 0.2) is 11.6 Å². The minimum atomic E-state index is -0.505. The maximum atomic E-state index is 13.0. The van der Waals surface area contributed by atoms with E-state index in [1.165, 1.54) is 16.9 Å².